The maximum atomic E-state index is 11.8. The second-order valence-corrected chi connectivity index (χ2v) is 6.45. The standard InChI is InChI=1S/C21H26O3/c1-16(2)8-13-21(23)24-19-11-9-18(10-12-19)20(14-15-22)17-6-4-3-5-7-17/h3-7,9-12,16,20,22H,8,13-15H2,1-2H3. The molecule has 0 aliphatic carbocycles. The fourth-order valence-corrected chi connectivity index (χ4v) is 2.70. The zero-order valence-electron chi connectivity index (χ0n) is 14.4. The summed E-state index contributed by atoms with van der Waals surface area (Å²) < 4.78 is 5.38. The van der Waals surface area contributed by atoms with Gasteiger partial charge in [-0.25, -0.2) is 0 Å². The Hall–Kier alpha value is -2.13. The Morgan fingerprint density at radius 2 is 1.58 bits per heavy atom. The van der Waals surface area contributed by atoms with Crippen LogP contribution in [0.15, 0.2) is 54.6 Å². The summed E-state index contributed by atoms with van der Waals surface area (Å²) in [4.78, 5) is 11.8. The molecule has 0 aliphatic heterocycles. The lowest BCUT2D eigenvalue weighted by Crippen LogP contribution is -2.09. The van der Waals surface area contributed by atoms with E-state index in [4.69, 9.17) is 4.74 Å². The molecular formula is C21H26O3. The van der Waals surface area contributed by atoms with E-state index >= 15 is 0 Å². The molecule has 0 fully saturated rings. The monoisotopic (exact) mass is 326 g/mol. The molecule has 24 heavy (non-hydrogen) atoms. The maximum Gasteiger partial charge on any atom is 0.311 e. The predicted octanol–water partition coefficient (Wildman–Crippen LogP) is 4.54. The van der Waals surface area contributed by atoms with Gasteiger partial charge in [0.2, 0.25) is 0 Å². The average Bonchev–Trinajstić information content (AvgIpc) is 2.59. The second kappa shape index (κ2) is 9.24. The first-order valence-corrected chi connectivity index (χ1v) is 8.56. The number of ether oxygens (including phenoxy) is 1. The van der Waals surface area contributed by atoms with Gasteiger partial charge in [0.1, 0.15) is 5.75 Å². The normalized spacial score (nSPS) is 12.2. The molecule has 2 aromatic carbocycles. The smallest absolute Gasteiger partial charge is 0.311 e. The van der Waals surface area contributed by atoms with Gasteiger partial charge in [0.05, 0.1) is 0 Å². The molecular weight excluding hydrogens is 300 g/mol. The maximum absolute atomic E-state index is 11.8. The van der Waals surface area contributed by atoms with Crippen LogP contribution in [0.4, 0.5) is 0 Å². The lowest BCUT2D eigenvalue weighted by Gasteiger charge is -2.17. The molecule has 3 heteroatoms. The van der Waals surface area contributed by atoms with Crippen molar-refractivity contribution in [2.24, 2.45) is 5.92 Å². The summed E-state index contributed by atoms with van der Waals surface area (Å²) >= 11 is 0. The first-order valence-electron chi connectivity index (χ1n) is 8.56. The van der Waals surface area contributed by atoms with Crippen LogP contribution < -0.4 is 4.74 Å². The molecule has 0 amide bonds. The number of hydrogen-bond donors (Lipinski definition) is 1. The van der Waals surface area contributed by atoms with E-state index in [1.165, 1.54) is 5.56 Å². The van der Waals surface area contributed by atoms with Gasteiger partial charge in [0.25, 0.3) is 0 Å². The lowest BCUT2D eigenvalue weighted by atomic mass is 9.89. The number of carbonyl (C=O) groups is 1. The molecule has 0 heterocycles. The summed E-state index contributed by atoms with van der Waals surface area (Å²) in [7, 11) is 0. The van der Waals surface area contributed by atoms with Crippen molar-refractivity contribution in [3.63, 3.8) is 0 Å². The van der Waals surface area contributed by atoms with E-state index in [1.54, 1.807) is 0 Å². The van der Waals surface area contributed by atoms with Crippen molar-refractivity contribution < 1.29 is 14.6 Å². The van der Waals surface area contributed by atoms with E-state index in [9.17, 15) is 9.90 Å². The highest BCUT2D eigenvalue weighted by molar-refractivity contribution is 5.72. The van der Waals surface area contributed by atoms with Crippen molar-refractivity contribution in [3.05, 3.63) is 65.7 Å². The van der Waals surface area contributed by atoms with Gasteiger partial charge < -0.3 is 9.84 Å². The van der Waals surface area contributed by atoms with Crippen LogP contribution >= 0.6 is 0 Å². The summed E-state index contributed by atoms with van der Waals surface area (Å²) in [5.74, 6) is 1.02. The third kappa shape index (κ3) is 5.50. The van der Waals surface area contributed by atoms with Crippen molar-refractivity contribution in [1.82, 2.24) is 0 Å². The van der Waals surface area contributed by atoms with Crippen LogP contribution in [0.3, 0.4) is 0 Å². The molecule has 2 rings (SSSR count). The molecule has 3 nitrogen and oxygen atoms in total. The Morgan fingerprint density at radius 3 is 2.17 bits per heavy atom. The molecule has 0 saturated carbocycles. The first-order chi connectivity index (χ1) is 11.6. The van der Waals surface area contributed by atoms with Gasteiger partial charge in [0.15, 0.2) is 0 Å². The summed E-state index contributed by atoms with van der Waals surface area (Å²) in [6, 6.07) is 17.7. The zero-order chi connectivity index (χ0) is 17.4. The van der Waals surface area contributed by atoms with E-state index in [-0.39, 0.29) is 18.5 Å². The minimum atomic E-state index is -0.189. The highest BCUT2D eigenvalue weighted by Crippen LogP contribution is 2.29. The van der Waals surface area contributed by atoms with Gasteiger partial charge in [-0.3, -0.25) is 4.79 Å². The van der Waals surface area contributed by atoms with Gasteiger partial charge in [-0.15, -0.1) is 0 Å². The Kier molecular flexibility index (Phi) is 7.01. The molecule has 1 atom stereocenters. The zero-order valence-corrected chi connectivity index (χ0v) is 14.4. The summed E-state index contributed by atoms with van der Waals surface area (Å²) in [5.41, 5.74) is 2.28. The van der Waals surface area contributed by atoms with Crippen molar-refractivity contribution in [2.75, 3.05) is 6.61 Å². The van der Waals surface area contributed by atoms with Gasteiger partial charge >= 0.3 is 5.97 Å². The van der Waals surface area contributed by atoms with Gasteiger partial charge in [-0.2, -0.15) is 0 Å². The van der Waals surface area contributed by atoms with Crippen molar-refractivity contribution in [2.45, 2.75) is 39.0 Å². The fourth-order valence-electron chi connectivity index (χ4n) is 2.70. The van der Waals surface area contributed by atoms with Gasteiger partial charge in [-0.1, -0.05) is 56.3 Å². The Morgan fingerprint density at radius 1 is 0.958 bits per heavy atom. The molecule has 0 aliphatic rings. The average molecular weight is 326 g/mol. The number of benzene rings is 2. The molecule has 0 radical (unpaired) electrons. The summed E-state index contributed by atoms with van der Waals surface area (Å²) in [5, 5.41) is 9.37. The highest BCUT2D eigenvalue weighted by atomic mass is 16.5. The van der Waals surface area contributed by atoms with Gasteiger partial charge in [0, 0.05) is 18.9 Å². The summed E-state index contributed by atoms with van der Waals surface area (Å²) in [6.07, 6.45) is 1.94. The van der Waals surface area contributed by atoms with E-state index in [1.807, 2.05) is 42.5 Å². The van der Waals surface area contributed by atoms with E-state index in [2.05, 4.69) is 26.0 Å². The minimum absolute atomic E-state index is 0.130. The number of carbonyl (C=O) groups excluding carboxylic acids is 1. The lowest BCUT2D eigenvalue weighted by molar-refractivity contribution is -0.134. The first kappa shape index (κ1) is 18.2. The van der Waals surface area contributed by atoms with Crippen LogP contribution in [0, 0.1) is 5.92 Å². The van der Waals surface area contributed by atoms with Crippen LogP contribution in [0.2, 0.25) is 0 Å². The van der Waals surface area contributed by atoms with Crippen LogP contribution in [-0.2, 0) is 4.79 Å². The van der Waals surface area contributed by atoms with Crippen LogP contribution in [0.5, 0.6) is 5.75 Å². The molecule has 0 aromatic heterocycles. The third-order valence-electron chi connectivity index (χ3n) is 4.06. The molecule has 0 bridgehead atoms. The third-order valence-corrected chi connectivity index (χ3v) is 4.06. The topological polar surface area (TPSA) is 46.5 Å². The van der Waals surface area contributed by atoms with Crippen molar-refractivity contribution in [3.8, 4) is 5.75 Å². The molecule has 1 N–H and O–H groups in total. The molecule has 0 saturated heterocycles. The molecule has 0 spiro atoms. The van der Waals surface area contributed by atoms with E-state index in [0.717, 1.165) is 12.0 Å². The van der Waals surface area contributed by atoms with Crippen LogP contribution in [-0.4, -0.2) is 17.7 Å². The largest absolute Gasteiger partial charge is 0.427 e. The van der Waals surface area contributed by atoms with Crippen LogP contribution in [0.25, 0.3) is 0 Å². The number of aliphatic hydroxyl groups excluding tert-OH is 1. The number of esters is 1. The Balaban J connectivity index is 2.05. The van der Waals surface area contributed by atoms with Crippen molar-refractivity contribution in [1.29, 1.82) is 0 Å². The number of rotatable bonds is 8. The van der Waals surface area contributed by atoms with Crippen molar-refractivity contribution >= 4 is 5.97 Å². The van der Waals surface area contributed by atoms with Crippen LogP contribution in [0.1, 0.15) is 50.2 Å². The SMILES string of the molecule is CC(C)CCC(=O)Oc1ccc(C(CCO)c2ccccc2)cc1. The summed E-state index contributed by atoms with van der Waals surface area (Å²) in [6.45, 7) is 4.31. The van der Waals surface area contributed by atoms with E-state index < -0.39 is 0 Å². The Bertz CT molecular complexity index is 617. The molecule has 2 aromatic rings. The quantitative estimate of drug-likeness (QED) is 0.572. The Labute approximate surface area is 144 Å². The number of hydrogen-bond acceptors (Lipinski definition) is 3. The highest BCUT2D eigenvalue weighted by Gasteiger charge is 2.14. The fraction of sp³-hybridized carbons (Fsp3) is 0.381. The van der Waals surface area contributed by atoms with E-state index in [0.29, 0.717) is 24.5 Å². The predicted molar refractivity (Wildman–Crippen MR) is 96.1 cm³/mol. The minimum Gasteiger partial charge on any atom is -0.427 e. The second-order valence-electron chi connectivity index (χ2n) is 6.45. The molecule has 1 unspecified atom stereocenters. The molecule has 128 valence electrons. The number of aliphatic hydroxyl groups is 1. The van der Waals surface area contributed by atoms with Gasteiger partial charge in [-0.05, 0) is 42.0 Å².